The lowest BCUT2D eigenvalue weighted by molar-refractivity contribution is -0.140. The van der Waals surface area contributed by atoms with E-state index in [0.717, 1.165) is 0 Å². The van der Waals surface area contributed by atoms with Crippen molar-refractivity contribution in [3.8, 4) is 0 Å². The van der Waals surface area contributed by atoms with Gasteiger partial charge in [-0.1, -0.05) is 0 Å². The van der Waals surface area contributed by atoms with Gasteiger partial charge in [-0.3, -0.25) is 9.59 Å². The molecule has 0 saturated heterocycles. The molecule has 1 rings (SSSR count). The third-order valence-corrected chi connectivity index (χ3v) is 1.74. The maximum absolute atomic E-state index is 11.5. The van der Waals surface area contributed by atoms with Crippen LogP contribution < -0.4 is 16.8 Å². The Morgan fingerprint density at radius 3 is 2.47 bits per heavy atom. The Kier molecular flexibility index (Phi) is 3.59. The summed E-state index contributed by atoms with van der Waals surface area (Å²) in [6.45, 7) is 0. The number of nitrogen functional groups attached to an aromatic ring is 1. The first-order valence-corrected chi connectivity index (χ1v) is 4.31. The smallest absolute Gasteiger partial charge is 0.326 e. The Morgan fingerprint density at radius 1 is 1.41 bits per heavy atom. The fourth-order valence-electron chi connectivity index (χ4n) is 0.981. The number of aliphatic carboxylic acids is 1. The van der Waals surface area contributed by atoms with E-state index in [0.29, 0.717) is 0 Å². The van der Waals surface area contributed by atoms with E-state index >= 15 is 0 Å². The number of aromatic nitrogens is 2. The zero-order valence-corrected chi connectivity index (χ0v) is 8.41. The first-order chi connectivity index (χ1) is 7.91. The number of nitrogens with two attached hydrogens (primary N) is 2. The molecular formula is C7H9N5O5. The van der Waals surface area contributed by atoms with Crippen LogP contribution in [0.25, 0.3) is 0 Å². The number of hydrogen-bond acceptors (Lipinski definition) is 7. The van der Waals surface area contributed by atoms with Gasteiger partial charge >= 0.3 is 5.97 Å². The van der Waals surface area contributed by atoms with Crippen LogP contribution in [0.2, 0.25) is 0 Å². The minimum absolute atomic E-state index is 0.286. The number of anilines is 1. The van der Waals surface area contributed by atoms with E-state index in [4.69, 9.17) is 16.6 Å². The Labute approximate surface area is 93.9 Å². The second-order valence-electron chi connectivity index (χ2n) is 3.03. The second kappa shape index (κ2) is 4.92. The van der Waals surface area contributed by atoms with Gasteiger partial charge in [0.05, 0.1) is 6.42 Å². The SMILES string of the molecule is NC(=O)CC(NC(=O)c1nonc1N)C(=O)O. The number of carboxylic acids is 1. The van der Waals surface area contributed by atoms with Crippen LogP contribution in [0.15, 0.2) is 4.63 Å². The highest BCUT2D eigenvalue weighted by molar-refractivity contribution is 5.98. The number of carbonyl (C=O) groups is 3. The minimum Gasteiger partial charge on any atom is -0.480 e. The molecule has 1 aromatic rings. The van der Waals surface area contributed by atoms with E-state index in [1.165, 1.54) is 0 Å². The summed E-state index contributed by atoms with van der Waals surface area (Å²) < 4.78 is 4.16. The van der Waals surface area contributed by atoms with E-state index in [1.807, 2.05) is 5.32 Å². The first kappa shape index (κ1) is 12.4. The molecule has 10 heteroatoms. The summed E-state index contributed by atoms with van der Waals surface area (Å²) in [6.07, 6.45) is -0.549. The van der Waals surface area contributed by atoms with Crippen LogP contribution in [0, 0.1) is 0 Å². The van der Waals surface area contributed by atoms with Gasteiger partial charge in [-0.2, -0.15) is 0 Å². The predicted octanol–water partition coefficient (Wildman–Crippen LogP) is -2.29. The molecule has 0 radical (unpaired) electrons. The Balaban J connectivity index is 2.74. The van der Waals surface area contributed by atoms with Gasteiger partial charge in [0, 0.05) is 0 Å². The van der Waals surface area contributed by atoms with Crippen molar-refractivity contribution in [3.05, 3.63) is 5.69 Å². The number of carbonyl (C=O) groups excluding carboxylic acids is 2. The van der Waals surface area contributed by atoms with E-state index in [-0.39, 0.29) is 11.5 Å². The molecule has 0 fully saturated rings. The molecule has 92 valence electrons. The van der Waals surface area contributed by atoms with Gasteiger partial charge in [0.1, 0.15) is 6.04 Å². The van der Waals surface area contributed by atoms with Gasteiger partial charge < -0.3 is 21.9 Å². The van der Waals surface area contributed by atoms with Gasteiger partial charge in [-0.05, 0) is 10.3 Å². The molecule has 0 bridgehead atoms. The number of hydrogen-bond donors (Lipinski definition) is 4. The van der Waals surface area contributed by atoms with Gasteiger partial charge in [0.2, 0.25) is 17.4 Å². The van der Waals surface area contributed by atoms with Crippen LogP contribution in [-0.2, 0) is 9.59 Å². The normalized spacial score (nSPS) is 11.8. The summed E-state index contributed by atoms with van der Waals surface area (Å²) in [7, 11) is 0. The van der Waals surface area contributed by atoms with Gasteiger partial charge in [0.15, 0.2) is 0 Å². The summed E-state index contributed by atoms with van der Waals surface area (Å²) in [5.74, 6) is -3.49. The van der Waals surface area contributed by atoms with Crippen molar-refractivity contribution in [1.82, 2.24) is 15.6 Å². The quantitative estimate of drug-likeness (QED) is 0.446. The molecule has 1 aromatic heterocycles. The largest absolute Gasteiger partial charge is 0.480 e. The fraction of sp³-hybridized carbons (Fsp3) is 0.286. The minimum atomic E-state index is -1.46. The van der Waals surface area contributed by atoms with Crippen LogP contribution in [0.4, 0.5) is 5.82 Å². The van der Waals surface area contributed by atoms with Crippen molar-refractivity contribution in [2.24, 2.45) is 5.73 Å². The van der Waals surface area contributed by atoms with E-state index < -0.39 is 30.2 Å². The summed E-state index contributed by atoms with van der Waals surface area (Å²) in [5.41, 5.74) is 9.70. The average molecular weight is 243 g/mol. The summed E-state index contributed by atoms with van der Waals surface area (Å²) in [6, 6.07) is -1.46. The third kappa shape index (κ3) is 3.15. The van der Waals surface area contributed by atoms with E-state index in [2.05, 4.69) is 14.9 Å². The van der Waals surface area contributed by atoms with Crippen molar-refractivity contribution < 1.29 is 24.1 Å². The maximum atomic E-state index is 11.5. The summed E-state index contributed by atoms with van der Waals surface area (Å²) >= 11 is 0. The Morgan fingerprint density at radius 2 is 2.06 bits per heavy atom. The molecule has 0 aliphatic heterocycles. The highest BCUT2D eigenvalue weighted by atomic mass is 16.6. The Hall–Kier alpha value is -2.65. The molecule has 17 heavy (non-hydrogen) atoms. The monoisotopic (exact) mass is 243 g/mol. The number of amides is 2. The molecule has 6 N–H and O–H groups in total. The molecule has 10 nitrogen and oxygen atoms in total. The first-order valence-electron chi connectivity index (χ1n) is 4.31. The molecule has 1 heterocycles. The Bertz CT molecular complexity index is 455. The second-order valence-corrected chi connectivity index (χ2v) is 3.03. The van der Waals surface area contributed by atoms with Gasteiger partial charge in [-0.25, -0.2) is 9.42 Å². The van der Waals surface area contributed by atoms with Crippen molar-refractivity contribution in [1.29, 1.82) is 0 Å². The average Bonchev–Trinajstić information content (AvgIpc) is 2.62. The molecule has 0 aliphatic carbocycles. The maximum Gasteiger partial charge on any atom is 0.326 e. The van der Waals surface area contributed by atoms with Gasteiger partial charge in [0.25, 0.3) is 5.91 Å². The predicted molar refractivity (Wildman–Crippen MR) is 51.4 cm³/mol. The molecule has 1 atom stereocenters. The molecule has 2 amide bonds. The molecule has 0 spiro atoms. The van der Waals surface area contributed by atoms with Gasteiger partial charge in [-0.15, -0.1) is 0 Å². The summed E-state index contributed by atoms with van der Waals surface area (Å²) in [4.78, 5) is 32.8. The molecule has 0 aliphatic rings. The van der Waals surface area contributed by atoms with Crippen molar-refractivity contribution in [2.45, 2.75) is 12.5 Å². The number of primary amides is 1. The van der Waals surface area contributed by atoms with Crippen molar-refractivity contribution >= 4 is 23.6 Å². The van der Waals surface area contributed by atoms with Crippen LogP contribution in [0.3, 0.4) is 0 Å². The summed E-state index contributed by atoms with van der Waals surface area (Å²) in [5, 5.41) is 17.1. The molecule has 1 unspecified atom stereocenters. The number of rotatable bonds is 5. The molecule has 0 aromatic carbocycles. The van der Waals surface area contributed by atoms with Crippen molar-refractivity contribution in [3.63, 3.8) is 0 Å². The van der Waals surface area contributed by atoms with E-state index in [1.54, 1.807) is 0 Å². The molecular weight excluding hydrogens is 234 g/mol. The molecule has 0 saturated carbocycles. The topological polar surface area (TPSA) is 174 Å². The number of nitrogens with zero attached hydrogens (tertiary/aromatic N) is 2. The zero-order valence-electron chi connectivity index (χ0n) is 8.41. The highest BCUT2D eigenvalue weighted by Gasteiger charge is 2.25. The van der Waals surface area contributed by atoms with Crippen LogP contribution in [0.1, 0.15) is 16.9 Å². The fourth-order valence-corrected chi connectivity index (χ4v) is 0.981. The van der Waals surface area contributed by atoms with Crippen molar-refractivity contribution in [2.75, 3.05) is 5.73 Å². The standard InChI is InChI=1S/C7H9N5O5/c8-3(13)1-2(7(15)16)10-6(14)4-5(9)12-17-11-4/h2H,1H2,(H2,8,13)(H2,9,12)(H,10,14)(H,15,16). The lowest BCUT2D eigenvalue weighted by Gasteiger charge is -2.11. The van der Waals surface area contributed by atoms with Crippen LogP contribution in [-0.4, -0.2) is 39.2 Å². The third-order valence-electron chi connectivity index (χ3n) is 1.74. The number of nitrogens with one attached hydrogen (secondary N) is 1. The lowest BCUT2D eigenvalue weighted by atomic mass is 10.2. The van der Waals surface area contributed by atoms with E-state index in [9.17, 15) is 14.4 Å². The number of carboxylic acid groups (broad SMARTS) is 1. The van der Waals surface area contributed by atoms with Crippen LogP contribution in [0.5, 0.6) is 0 Å². The highest BCUT2D eigenvalue weighted by Crippen LogP contribution is 2.04. The zero-order chi connectivity index (χ0) is 13.0. The van der Waals surface area contributed by atoms with Crippen LogP contribution >= 0.6 is 0 Å². The lowest BCUT2D eigenvalue weighted by Crippen LogP contribution is -2.43.